The van der Waals surface area contributed by atoms with Gasteiger partial charge in [-0.1, -0.05) is 24.3 Å². The second-order valence-corrected chi connectivity index (χ2v) is 5.98. The van der Waals surface area contributed by atoms with Crippen LogP contribution < -0.4 is 0 Å². The second kappa shape index (κ2) is 6.84. The fraction of sp³-hybridized carbons (Fsp3) is 0.0476. The van der Waals surface area contributed by atoms with Gasteiger partial charge >= 0.3 is 0 Å². The first-order valence-electron chi connectivity index (χ1n) is 7.99. The Morgan fingerprint density at radius 3 is 1.78 bits per heavy atom. The van der Waals surface area contributed by atoms with Crippen molar-refractivity contribution in [3.63, 3.8) is 0 Å². The topological polar surface area (TPSA) is 109 Å². The van der Waals surface area contributed by atoms with Crippen LogP contribution in [-0.4, -0.2) is 33.3 Å². The average Bonchev–Trinajstić information content (AvgIpc) is 2.63. The van der Waals surface area contributed by atoms with E-state index in [1.807, 2.05) is 0 Å². The van der Waals surface area contributed by atoms with Gasteiger partial charge in [-0.3, -0.25) is 19.2 Å². The lowest BCUT2D eigenvalue weighted by atomic mass is 9.90. The molecule has 0 saturated heterocycles. The number of hydrogen-bond acceptors (Lipinski definition) is 6. The summed E-state index contributed by atoms with van der Waals surface area (Å²) in [6.45, 7) is 1.59. The molecule has 2 aromatic carbocycles. The number of benzene rings is 2. The smallest absolute Gasteiger partial charge is 0.190 e. The Balaban J connectivity index is 0.000000156. The van der Waals surface area contributed by atoms with Gasteiger partial charge in [-0.05, 0) is 37.3 Å². The summed E-state index contributed by atoms with van der Waals surface area (Å²) in [5.74, 6) is -1.35. The van der Waals surface area contributed by atoms with Crippen LogP contribution >= 0.6 is 0 Å². The summed E-state index contributed by atoms with van der Waals surface area (Å²) in [5, 5.41) is 18.8. The summed E-state index contributed by atoms with van der Waals surface area (Å²) in [4.78, 5) is 45.5. The minimum atomic E-state index is -0.326. The van der Waals surface area contributed by atoms with Gasteiger partial charge < -0.3 is 10.2 Å². The zero-order valence-electron chi connectivity index (χ0n) is 14.2. The van der Waals surface area contributed by atoms with Gasteiger partial charge in [-0.25, -0.2) is 0 Å². The SMILES string of the molecule is CC1=CC(=O)c2c(O)cccc2C1=O.O=C1C=CC(=O)c2c(O)cccc21. The van der Waals surface area contributed by atoms with E-state index < -0.39 is 0 Å². The largest absolute Gasteiger partial charge is 0.507 e. The molecule has 0 bridgehead atoms. The Labute approximate surface area is 154 Å². The van der Waals surface area contributed by atoms with Crippen LogP contribution in [0.25, 0.3) is 0 Å². The highest BCUT2D eigenvalue weighted by atomic mass is 16.3. The molecular weight excluding hydrogens is 348 g/mol. The van der Waals surface area contributed by atoms with Gasteiger partial charge in [0.1, 0.15) is 11.5 Å². The van der Waals surface area contributed by atoms with E-state index in [2.05, 4.69) is 0 Å². The van der Waals surface area contributed by atoms with E-state index >= 15 is 0 Å². The van der Waals surface area contributed by atoms with Crippen molar-refractivity contribution in [1.29, 1.82) is 0 Å². The highest BCUT2D eigenvalue weighted by Gasteiger charge is 2.25. The fourth-order valence-corrected chi connectivity index (χ4v) is 2.86. The van der Waals surface area contributed by atoms with Crippen LogP contribution in [0.5, 0.6) is 11.5 Å². The molecule has 6 nitrogen and oxygen atoms in total. The number of allylic oxidation sites excluding steroid dienone is 4. The van der Waals surface area contributed by atoms with Crippen molar-refractivity contribution >= 4 is 23.1 Å². The van der Waals surface area contributed by atoms with E-state index in [4.69, 9.17) is 0 Å². The van der Waals surface area contributed by atoms with Gasteiger partial charge in [-0.2, -0.15) is 0 Å². The molecule has 2 aromatic rings. The molecule has 2 N–H and O–H groups in total. The predicted octanol–water partition coefficient (Wildman–Crippen LogP) is 3.04. The van der Waals surface area contributed by atoms with E-state index in [0.717, 1.165) is 0 Å². The number of hydrogen-bond donors (Lipinski definition) is 2. The maximum absolute atomic E-state index is 11.6. The normalized spacial score (nSPS) is 14.8. The van der Waals surface area contributed by atoms with Crippen LogP contribution in [0.3, 0.4) is 0 Å². The van der Waals surface area contributed by atoms with E-state index in [0.29, 0.717) is 5.57 Å². The molecule has 0 fully saturated rings. The van der Waals surface area contributed by atoms with Crippen LogP contribution in [0, 0.1) is 0 Å². The fourth-order valence-electron chi connectivity index (χ4n) is 2.86. The number of aromatic hydroxyl groups is 2. The first-order valence-corrected chi connectivity index (χ1v) is 7.99. The van der Waals surface area contributed by atoms with Crippen LogP contribution in [0.2, 0.25) is 0 Å². The van der Waals surface area contributed by atoms with Crippen molar-refractivity contribution in [3.05, 3.63) is 82.5 Å². The maximum Gasteiger partial charge on any atom is 0.190 e. The Morgan fingerprint density at radius 2 is 1.19 bits per heavy atom. The molecule has 0 radical (unpaired) electrons. The molecule has 2 aliphatic rings. The maximum atomic E-state index is 11.6. The van der Waals surface area contributed by atoms with Crippen molar-refractivity contribution in [2.24, 2.45) is 0 Å². The Hall–Kier alpha value is -3.80. The molecule has 2 aliphatic carbocycles. The quantitative estimate of drug-likeness (QED) is 0.746. The molecule has 0 aliphatic heterocycles. The lowest BCUT2D eigenvalue weighted by molar-refractivity contribution is 0.0982. The van der Waals surface area contributed by atoms with Crippen molar-refractivity contribution in [1.82, 2.24) is 0 Å². The third-order valence-corrected chi connectivity index (χ3v) is 4.18. The van der Waals surface area contributed by atoms with Crippen LogP contribution in [-0.2, 0) is 0 Å². The van der Waals surface area contributed by atoms with Crippen LogP contribution in [0.15, 0.2) is 60.2 Å². The highest BCUT2D eigenvalue weighted by molar-refractivity contribution is 6.25. The van der Waals surface area contributed by atoms with Crippen LogP contribution in [0.1, 0.15) is 48.4 Å². The number of phenolic OH excluding ortho intramolecular Hbond substituents is 2. The Morgan fingerprint density at radius 1 is 0.667 bits per heavy atom. The van der Waals surface area contributed by atoms with Crippen molar-refractivity contribution in [2.75, 3.05) is 0 Å². The first-order chi connectivity index (χ1) is 12.8. The van der Waals surface area contributed by atoms with E-state index in [9.17, 15) is 29.4 Å². The number of carbonyl (C=O) groups is 4. The third kappa shape index (κ3) is 3.20. The zero-order valence-corrected chi connectivity index (χ0v) is 14.2. The van der Waals surface area contributed by atoms with Crippen LogP contribution in [0.4, 0.5) is 0 Å². The predicted molar refractivity (Wildman–Crippen MR) is 96.4 cm³/mol. The molecule has 27 heavy (non-hydrogen) atoms. The molecule has 0 spiro atoms. The molecule has 0 unspecified atom stereocenters. The van der Waals surface area contributed by atoms with Crippen molar-refractivity contribution < 1.29 is 29.4 Å². The van der Waals surface area contributed by atoms with E-state index in [-0.39, 0.29) is 56.9 Å². The second-order valence-electron chi connectivity index (χ2n) is 5.98. The Bertz CT molecular complexity index is 1070. The molecule has 0 saturated carbocycles. The molecule has 0 atom stereocenters. The number of fused-ring (bicyclic) bond motifs is 2. The summed E-state index contributed by atoms with van der Waals surface area (Å²) in [5.41, 5.74) is 1.19. The number of ketones is 4. The average molecular weight is 362 g/mol. The lowest BCUT2D eigenvalue weighted by Gasteiger charge is -2.12. The summed E-state index contributed by atoms with van der Waals surface area (Å²) < 4.78 is 0. The molecule has 0 aromatic heterocycles. The molecule has 6 heteroatoms. The highest BCUT2D eigenvalue weighted by Crippen LogP contribution is 2.28. The first kappa shape index (κ1) is 18.0. The molecule has 134 valence electrons. The number of carbonyl (C=O) groups excluding carboxylic acids is 4. The number of rotatable bonds is 0. The summed E-state index contributed by atoms with van der Waals surface area (Å²) in [6.07, 6.45) is 3.64. The van der Waals surface area contributed by atoms with Crippen molar-refractivity contribution in [3.8, 4) is 11.5 Å². The van der Waals surface area contributed by atoms with E-state index in [1.165, 1.54) is 36.4 Å². The molecule has 0 heterocycles. The molecular formula is C21H14O6. The zero-order chi connectivity index (χ0) is 19.7. The van der Waals surface area contributed by atoms with Gasteiger partial charge in [0, 0.05) is 16.7 Å². The third-order valence-electron chi connectivity index (χ3n) is 4.18. The van der Waals surface area contributed by atoms with E-state index in [1.54, 1.807) is 25.1 Å². The summed E-state index contributed by atoms with van der Waals surface area (Å²) >= 11 is 0. The monoisotopic (exact) mass is 362 g/mol. The van der Waals surface area contributed by atoms with Gasteiger partial charge in [0.2, 0.25) is 0 Å². The Kier molecular flexibility index (Phi) is 4.56. The minimum absolute atomic E-state index is 0.106. The minimum Gasteiger partial charge on any atom is -0.507 e. The molecule has 0 amide bonds. The summed E-state index contributed by atoms with van der Waals surface area (Å²) in [7, 11) is 0. The van der Waals surface area contributed by atoms with Gasteiger partial charge in [0.05, 0.1) is 11.1 Å². The van der Waals surface area contributed by atoms with Gasteiger partial charge in [0.15, 0.2) is 23.1 Å². The van der Waals surface area contributed by atoms with Gasteiger partial charge in [-0.15, -0.1) is 0 Å². The number of Topliss-reactive ketones (excluding diaryl/α,β-unsaturated/α-hetero) is 1. The number of phenols is 2. The lowest BCUT2D eigenvalue weighted by Crippen LogP contribution is -2.15. The van der Waals surface area contributed by atoms with Crippen molar-refractivity contribution in [2.45, 2.75) is 6.92 Å². The molecule has 4 rings (SSSR count). The summed E-state index contributed by atoms with van der Waals surface area (Å²) in [6, 6.07) is 8.96. The van der Waals surface area contributed by atoms with Gasteiger partial charge in [0.25, 0.3) is 0 Å². The standard InChI is InChI=1S/C11H8O3.C10H6O3/c1-6-5-9(13)10-7(11(6)14)3-2-4-8(10)12;11-7-4-5-9(13)10-6(7)2-1-3-8(10)12/h2-5,12H,1H3;1-5,12H.